The lowest BCUT2D eigenvalue weighted by atomic mass is 10.1. The summed E-state index contributed by atoms with van der Waals surface area (Å²) < 4.78 is 16.5. The summed E-state index contributed by atoms with van der Waals surface area (Å²) in [5.41, 5.74) is 3.70. The Hall–Kier alpha value is -2.77. The lowest BCUT2D eigenvalue weighted by Gasteiger charge is -2.27. The number of ether oxygens (including phenoxy) is 3. The number of rotatable bonds is 10. The molecule has 32 heavy (non-hydrogen) atoms. The highest BCUT2D eigenvalue weighted by atomic mass is 16.5. The van der Waals surface area contributed by atoms with E-state index in [-0.39, 0.29) is 0 Å². The fourth-order valence-electron chi connectivity index (χ4n) is 3.66. The zero-order chi connectivity index (χ0) is 22.6. The van der Waals surface area contributed by atoms with Gasteiger partial charge in [-0.1, -0.05) is 30.3 Å². The van der Waals surface area contributed by atoms with Gasteiger partial charge in [-0.25, -0.2) is 4.99 Å². The molecule has 0 radical (unpaired) electrons. The van der Waals surface area contributed by atoms with Gasteiger partial charge in [0.1, 0.15) is 0 Å². The van der Waals surface area contributed by atoms with Crippen LogP contribution in [0.2, 0.25) is 0 Å². The maximum Gasteiger partial charge on any atom is 0.191 e. The highest BCUT2D eigenvalue weighted by molar-refractivity contribution is 5.79. The van der Waals surface area contributed by atoms with Crippen molar-refractivity contribution in [3.8, 4) is 11.5 Å². The van der Waals surface area contributed by atoms with Gasteiger partial charge in [0.05, 0.1) is 33.5 Å². The Morgan fingerprint density at radius 3 is 2.53 bits per heavy atom. The predicted octanol–water partition coefficient (Wildman–Crippen LogP) is 3.18. The zero-order valence-electron chi connectivity index (χ0n) is 19.5. The van der Waals surface area contributed by atoms with Crippen LogP contribution in [0.4, 0.5) is 0 Å². The molecule has 1 saturated heterocycles. The Kier molecular flexibility index (Phi) is 9.65. The van der Waals surface area contributed by atoms with E-state index in [0.29, 0.717) is 13.2 Å². The summed E-state index contributed by atoms with van der Waals surface area (Å²) in [6, 6.07) is 14.5. The molecule has 2 aromatic carbocycles. The van der Waals surface area contributed by atoms with Gasteiger partial charge in [-0.15, -0.1) is 0 Å². The number of nitrogens with zero attached hydrogens (tertiary/aromatic N) is 2. The number of morpholine rings is 1. The minimum atomic E-state index is 0.550. The van der Waals surface area contributed by atoms with E-state index in [1.54, 1.807) is 7.11 Å². The molecular formula is C25H36N4O3. The fourth-order valence-corrected chi connectivity index (χ4v) is 3.66. The smallest absolute Gasteiger partial charge is 0.191 e. The molecule has 0 unspecified atom stereocenters. The number of nitrogens with one attached hydrogen (secondary N) is 2. The summed E-state index contributed by atoms with van der Waals surface area (Å²) in [5.74, 6) is 2.28. The van der Waals surface area contributed by atoms with Crippen LogP contribution in [0.1, 0.15) is 30.5 Å². The highest BCUT2D eigenvalue weighted by Gasteiger charge is 2.13. The average molecular weight is 441 g/mol. The molecule has 0 spiro atoms. The van der Waals surface area contributed by atoms with Crippen molar-refractivity contribution in [3.63, 3.8) is 0 Å². The van der Waals surface area contributed by atoms with Crippen LogP contribution in [0, 0.1) is 0 Å². The molecular weight excluding hydrogens is 404 g/mol. The molecule has 0 aromatic heterocycles. The van der Waals surface area contributed by atoms with Crippen LogP contribution in [0.3, 0.4) is 0 Å². The number of methoxy groups -OCH3 is 1. The second-order valence-corrected chi connectivity index (χ2v) is 7.62. The summed E-state index contributed by atoms with van der Waals surface area (Å²) in [7, 11) is 1.65. The van der Waals surface area contributed by atoms with Crippen LogP contribution in [0.5, 0.6) is 11.5 Å². The third-order valence-corrected chi connectivity index (χ3v) is 5.35. The summed E-state index contributed by atoms with van der Waals surface area (Å²) in [6.07, 6.45) is 0. The van der Waals surface area contributed by atoms with E-state index in [1.165, 1.54) is 11.1 Å². The summed E-state index contributed by atoms with van der Waals surface area (Å²) in [5, 5.41) is 6.83. The average Bonchev–Trinajstić information content (AvgIpc) is 2.83. The summed E-state index contributed by atoms with van der Waals surface area (Å²) in [4.78, 5) is 7.22. The Morgan fingerprint density at radius 2 is 1.81 bits per heavy atom. The van der Waals surface area contributed by atoms with Crippen molar-refractivity contribution < 1.29 is 14.2 Å². The highest BCUT2D eigenvalue weighted by Crippen LogP contribution is 2.28. The molecule has 2 N–H and O–H groups in total. The van der Waals surface area contributed by atoms with Crippen molar-refractivity contribution >= 4 is 5.96 Å². The molecule has 1 heterocycles. The Bertz CT molecular complexity index is 866. The van der Waals surface area contributed by atoms with E-state index in [2.05, 4.69) is 46.7 Å². The number of guanidine groups is 1. The molecule has 174 valence electrons. The van der Waals surface area contributed by atoms with Crippen molar-refractivity contribution in [2.75, 3.05) is 46.6 Å². The molecule has 1 aliphatic heterocycles. The first-order valence-electron chi connectivity index (χ1n) is 11.4. The number of hydrogen-bond acceptors (Lipinski definition) is 5. The van der Waals surface area contributed by atoms with Crippen LogP contribution >= 0.6 is 0 Å². The first kappa shape index (κ1) is 23.9. The second-order valence-electron chi connectivity index (χ2n) is 7.62. The van der Waals surface area contributed by atoms with Crippen LogP contribution < -0.4 is 20.1 Å². The Balaban J connectivity index is 1.64. The normalized spacial score (nSPS) is 14.8. The van der Waals surface area contributed by atoms with Gasteiger partial charge in [0.2, 0.25) is 0 Å². The quantitative estimate of drug-likeness (QED) is 0.437. The third-order valence-electron chi connectivity index (χ3n) is 5.35. The molecule has 0 bridgehead atoms. The first-order valence-corrected chi connectivity index (χ1v) is 11.4. The number of hydrogen-bond donors (Lipinski definition) is 2. The molecule has 0 atom stereocenters. The molecule has 1 aliphatic rings. The van der Waals surface area contributed by atoms with Crippen LogP contribution in [0.15, 0.2) is 47.5 Å². The minimum absolute atomic E-state index is 0.550. The second kappa shape index (κ2) is 12.9. The van der Waals surface area contributed by atoms with Gasteiger partial charge in [-0.05, 0) is 42.7 Å². The molecule has 2 aromatic rings. The third kappa shape index (κ3) is 7.14. The lowest BCUT2D eigenvalue weighted by molar-refractivity contribution is 0.0341. The van der Waals surface area contributed by atoms with Crippen molar-refractivity contribution in [2.24, 2.45) is 4.99 Å². The van der Waals surface area contributed by atoms with Gasteiger partial charge in [-0.3, -0.25) is 4.90 Å². The van der Waals surface area contributed by atoms with Gasteiger partial charge in [0.15, 0.2) is 17.5 Å². The molecule has 3 rings (SSSR count). The van der Waals surface area contributed by atoms with Crippen LogP contribution in [0.25, 0.3) is 0 Å². The van der Waals surface area contributed by atoms with Gasteiger partial charge >= 0.3 is 0 Å². The Labute approximate surface area is 191 Å². The van der Waals surface area contributed by atoms with E-state index in [4.69, 9.17) is 19.2 Å². The van der Waals surface area contributed by atoms with E-state index in [0.717, 1.165) is 69.0 Å². The first-order chi connectivity index (χ1) is 15.7. The van der Waals surface area contributed by atoms with Crippen molar-refractivity contribution in [1.29, 1.82) is 0 Å². The van der Waals surface area contributed by atoms with Gasteiger partial charge in [0.25, 0.3) is 0 Å². The van der Waals surface area contributed by atoms with Crippen molar-refractivity contribution in [2.45, 2.75) is 33.5 Å². The predicted molar refractivity (Wildman–Crippen MR) is 128 cm³/mol. The summed E-state index contributed by atoms with van der Waals surface area (Å²) in [6.45, 7) is 11.2. The monoisotopic (exact) mass is 440 g/mol. The molecule has 7 heteroatoms. The topological polar surface area (TPSA) is 67.4 Å². The maximum atomic E-state index is 5.69. The summed E-state index contributed by atoms with van der Waals surface area (Å²) >= 11 is 0. The standard InChI is InChI=1S/C25H36N4O3/c1-4-26-25(27-17-20-10-11-23(30-3)24(16-20)32-5-2)28-18-21-8-6-7-9-22(21)19-29-12-14-31-15-13-29/h6-11,16H,4-5,12-15,17-19H2,1-3H3,(H2,26,27,28). The lowest BCUT2D eigenvalue weighted by Crippen LogP contribution is -2.38. The van der Waals surface area contributed by atoms with Crippen LogP contribution in [-0.4, -0.2) is 57.4 Å². The van der Waals surface area contributed by atoms with Crippen molar-refractivity contribution in [1.82, 2.24) is 15.5 Å². The maximum absolute atomic E-state index is 5.69. The largest absolute Gasteiger partial charge is 0.493 e. The zero-order valence-corrected chi connectivity index (χ0v) is 19.5. The minimum Gasteiger partial charge on any atom is -0.493 e. The van der Waals surface area contributed by atoms with E-state index < -0.39 is 0 Å². The number of benzene rings is 2. The fraction of sp³-hybridized carbons (Fsp3) is 0.480. The van der Waals surface area contributed by atoms with Gasteiger partial charge < -0.3 is 24.8 Å². The van der Waals surface area contributed by atoms with Crippen molar-refractivity contribution in [3.05, 3.63) is 59.2 Å². The van der Waals surface area contributed by atoms with Gasteiger partial charge in [-0.2, -0.15) is 0 Å². The SMILES string of the molecule is CCNC(=NCc1ccc(OC)c(OCC)c1)NCc1ccccc1CN1CCOCC1. The molecule has 0 saturated carbocycles. The molecule has 0 amide bonds. The van der Waals surface area contributed by atoms with Crippen LogP contribution in [-0.2, 0) is 24.4 Å². The Morgan fingerprint density at radius 1 is 1.03 bits per heavy atom. The molecule has 0 aliphatic carbocycles. The van der Waals surface area contributed by atoms with Gasteiger partial charge in [0, 0.05) is 32.7 Å². The van der Waals surface area contributed by atoms with E-state index in [1.807, 2.05) is 25.1 Å². The van der Waals surface area contributed by atoms with E-state index >= 15 is 0 Å². The molecule has 1 fully saturated rings. The van der Waals surface area contributed by atoms with E-state index in [9.17, 15) is 0 Å². The number of aliphatic imine (C=N–C) groups is 1. The molecule has 7 nitrogen and oxygen atoms in total.